The highest BCUT2D eigenvalue weighted by Gasteiger charge is 2.39. The minimum atomic E-state index is -1.72. The fraction of sp³-hybridized carbons (Fsp3) is 0.857. The maximum atomic E-state index is 12.3. The third kappa shape index (κ3) is 5.95. The summed E-state index contributed by atoms with van der Waals surface area (Å²) in [6.07, 6.45) is 5.25. The quantitative estimate of drug-likeness (QED) is 0.323. The normalized spacial score (nSPS) is 23.4. The van der Waals surface area contributed by atoms with Crippen LogP contribution < -0.4 is 0 Å². The van der Waals surface area contributed by atoms with Gasteiger partial charge in [0.05, 0.1) is 13.0 Å². The number of methoxy groups -OCH3 is 1. The van der Waals surface area contributed by atoms with E-state index in [1.54, 1.807) is 0 Å². The maximum absolute atomic E-state index is 12.3. The molecular formula is C21H40O3Si. The van der Waals surface area contributed by atoms with Crippen molar-refractivity contribution in [1.29, 1.82) is 0 Å². The van der Waals surface area contributed by atoms with Crippen LogP contribution in [-0.2, 0) is 14.0 Å². The average Bonchev–Trinajstić information content (AvgIpc) is 2.49. The van der Waals surface area contributed by atoms with Crippen LogP contribution >= 0.6 is 0 Å². The molecule has 0 spiro atoms. The van der Waals surface area contributed by atoms with E-state index in [2.05, 4.69) is 60.7 Å². The van der Waals surface area contributed by atoms with Gasteiger partial charge in [0, 0.05) is 6.61 Å². The molecule has 0 heterocycles. The van der Waals surface area contributed by atoms with Crippen LogP contribution in [0.25, 0.3) is 0 Å². The zero-order valence-corrected chi connectivity index (χ0v) is 18.9. The molecule has 3 nitrogen and oxygen atoms in total. The molecule has 1 aliphatic carbocycles. The number of esters is 1. The molecular weight excluding hydrogens is 328 g/mol. The number of carbonyl (C=O) groups is 1. The zero-order valence-electron chi connectivity index (χ0n) is 17.9. The largest absolute Gasteiger partial charge is 0.469 e. The van der Waals surface area contributed by atoms with Gasteiger partial charge in [-0.05, 0) is 62.1 Å². The van der Waals surface area contributed by atoms with E-state index in [9.17, 15) is 4.79 Å². The summed E-state index contributed by atoms with van der Waals surface area (Å²) in [4.78, 5) is 12.3. The van der Waals surface area contributed by atoms with Crippen molar-refractivity contribution in [1.82, 2.24) is 0 Å². The fourth-order valence-corrected chi connectivity index (χ4v) is 4.65. The summed E-state index contributed by atoms with van der Waals surface area (Å²) in [5, 5.41) is 0.232. The standard InChI is InChI=1S/C21H40O3Si/c1-15(2)17(12-13-24-25(8,9)21(4,5)6)19-14-16(3)10-11-18(19)20(22)23-7/h14-15,17-19H,10-13H2,1-9H3/t17-,18+,19-/m0/s1. The Morgan fingerprint density at radius 1 is 1.32 bits per heavy atom. The SMILES string of the molecule is COC(=O)[C@@H]1CCC(C)=C[C@H]1[C@@H](CCO[Si](C)(C)C(C)(C)C)C(C)C. The van der Waals surface area contributed by atoms with Gasteiger partial charge in [-0.3, -0.25) is 4.79 Å². The molecule has 0 fully saturated rings. The first-order valence-corrected chi connectivity index (χ1v) is 12.7. The second-order valence-corrected chi connectivity index (χ2v) is 14.4. The first-order chi connectivity index (χ1) is 11.4. The van der Waals surface area contributed by atoms with Crippen LogP contribution in [-0.4, -0.2) is 28.0 Å². The molecule has 0 aromatic rings. The molecule has 0 unspecified atom stereocenters. The molecule has 0 aromatic heterocycles. The highest BCUT2D eigenvalue weighted by atomic mass is 28.4. The Morgan fingerprint density at radius 3 is 2.40 bits per heavy atom. The van der Waals surface area contributed by atoms with Crippen molar-refractivity contribution in [2.24, 2.45) is 23.7 Å². The predicted molar refractivity (Wildman–Crippen MR) is 108 cm³/mol. The molecule has 0 radical (unpaired) electrons. The minimum absolute atomic E-state index is 0.00558. The summed E-state index contributed by atoms with van der Waals surface area (Å²) in [5.74, 6) is 1.18. The predicted octanol–water partition coefficient (Wildman–Crippen LogP) is 5.82. The van der Waals surface area contributed by atoms with Gasteiger partial charge in [0.15, 0.2) is 8.32 Å². The van der Waals surface area contributed by atoms with Gasteiger partial charge in [0.25, 0.3) is 0 Å². The first-order valence-electron chi connectivity index (χ1n) is 9.79. The summed E-state index contributed by atoms with van der Waals surface area (Å²) in [6, 6.07) is 0. The summed E-state index contributed by atoms with van der Waals surface area (Å²) in [5.41, 5.74) is 1.40. The monoisotopic (exact) mass is 368 g/mol. The molecule has 25 heavy (non-hydrogen) atoms. The Balaban J connectivity index is 2.87. The molecule has 0 aromatic carbocycles. The number of carbonyl (C=O) groups excluding carboxylic acids is 1. The van der Waals surface area contributed by atoms with Crippen molar-refractivity contribution in [2.75, 3.05) is 13.7 Å². The van der Waals surface area contributed by atoms with Gasteiger partial charge >= 0.3 is 5.97 Å². The Labute approximate surface area is 156 Å². The van der Waals surface area contributed by atoms with Crippen molar-refractivity contribution in [3.05, 3.63) is 11.6 Å². The fourth-order valence-electron chi connectivity index (χ4n) is 3.59. The lowest BCUT2D eigenvalue weighted by atomic mass is 9.69. The molecule has 0 N–H and O–H groups in total. The maximum Gasteiger partial charge on any atom is 0.309 e. The van der Waals surface area contributed by atoms with E-state index in [0.29, 0.717) is 11.8 Å². The molecule has 146 valence electrons. The molecule has 0 aliphatic heterocycles. The third-order valence-electron chi connectivity index (χ3n) is 6.37. The van der Waals surface area contributed by atoms with E-state index in [0.717, 1.165) is 25.9 Å². The van der Waals surface area contributed by atoms with Crippen molar-refractivity contribution in [3.63, 3.8) is 0 Å². The Kier molecular flexibility index (Phi) is 7.94. The second-order valence-electron chi connectivity index (χ2n) is 9.56. The van der Waals surface area contributed by atoms with Gasteiger partial charge in [-0.15, -0.1) is 0 Å². The van der Waals surface area contributed by atoms with Gasteiger partial charge in [0.2, 0.25) is 0 Å². The molecule has 1 aliphatic rings. The first kappa shape index (κ1) is 22.4. The second kappa shape index (κ2) is 8.85. The summed E-state index contributed by atoms with van der Waals surface area (Å²) >= 11 is 0. The molecule has 3 atom stereocenters. The smallest absolute Gasteiger partial charge is 0.309 e. The van der Waals surface area contributed by atoms with Crippen molar-refractivity contribution >= 4 is 14.3 Å². The highest BCUT2D eigenvalue weighted by molar-refractivity contribution is 6.74. The van der Waals surface area contributed by atoms with E-state index in [-0.39, 0.29) is 22.8 Å². The Morgan fingerprint density at radius 2 is 1.92 bits per heavy atom. The van der Waals surface area contributed by atoms with E-state index in [1.165, 1.54) is 12.7 Å². The van der Waals surface area contributed by atoms with Gasteiger partial charge < -0.3 is 9.16 Å². The summed E-state index contributed by atoms with van der Waals surface area (Å²) < 4.78 is 11.5. The highest BCUT2D eigenvalue weighted by Crippen LogP contribution is 2.40. The molecule has 0 amide bonds. The van der Waals surface area contributed by atoms with Crippen molar-refractivity contribution < 1.29 is 14.0 Å². The van der Waals surface area contributed by atoms with E-state index in [4.69, 9.17) is 9.16 Å². The van der Waals surface area contributed by atoms with Crippen LogP contribution in [0.2, 0.25) is 18.1 Å². The lowest BCUT2D eigenvalue weighted by molar-refractivity contribution is -0.148. The van der Waals surface area contributed by atoms with Crippen LogP contribution in [0.5, 0.6) is 0 Å². The van der Waals surface area contributed by atoms with Crippen LogP contribution in [0.15, 0.2) is 11.6 Å². The van der Waals surface area contributed by atoms with Gasteiger partial charge in [0.1, 0.15) is 0 Å². The number of rotatable bonds is 7. The van der Waals surface area contributed by atoms with Crippen LogP contribution in [0.4, 0.5) is 0 Å². The molecule has 0 saturated carbocycles. The number of ether oxygens (including phenoxy) is 1. The average molecular weight is 369 g/mol. The van der Waals surface area contributed by atoms with Crippen LogP contribution in [0.3, 0.4) is 0 Å². The summed E-state index contributed by atoms with van der Waals surface area (Å²) in [7, 11) is -0.213. The number of hydrogen-bond acceptors (Lipinski definition) is 3. The van der Waals surface area contributed by atoms with Gasteiger partial charge in [-0.2, -0.15) is 0 Å². The molecule has 1 rings (SSSR count). The number of hydrogen-bond donors (Lipinski definition) is 0. The minimum Gasteiger partial charge on any atom is -0.469 e. The Hall–Kier alpha value is -0.613. The van der Waals surface area contributed by atoms with Crippen LogP contribution in [0.1, 0.15) is 60.8 Å². The van der Waals surface area contributed by atoms with E-state index < -0.39 is 8.32 Å². The zero-order chi connectivity index (χ0) is 19.4. The topological polar surface area (TPSA) is 35.5 Å². The van der Waals surface area contributed by atoms with Crippen LogP contribution in [0, 0.1) is 23.7 Å². The molecule has 4 heteroatoms. The van der Waals surface area contributed by atoms with E-state index >= 15 is 0 Å². The lowest BCUT2D eigenvalue weighted by Gasteiger charge is -2.39. The van der Waals surface area contributed by atoms with Crippen molar-refractivity contribution in [3.8, 4) is 0 Å². The van der Waals surface area contributed by atoms with Gasteiger partial charge in [-0.25, -0.2) is 0 Å². The van der Waals surface area contributed by atoms with E-state index in [1.807, 2.05) is 0 Å². The summed E-state index contributed by atoms with van der Waals surface area (Å²) in [6.45, 7) is 18.9. The Bertz CT molecular complexity index is 474. The van der Waals surface area contributed by atoms with Crippen molar-refractivity contribution in [2.45, 2.75) is 78.9 Å². The number of allylic oxidation sites excluding steroid dienone is 2. The lowest BCUT2D eigenvalue weighted by Crippen LogP contribution is -2.42. The third-order valence-corrected chi connectivity index (χ3v) is 10.9. The molecule has 0 saturated heterocycles. The molecule has 0 bridgehead atoms. The van der Waals surface area contributed by atoms with Gasteiger partial charge in [-0.1, -0.05) is 46.3 Å².